The SMILES string of the molecule is O=C(CCCCO)N1CCc2cc(I)ccc21. The third-order valence-electron chi connectivity index (χ3n) is 3.04. The van der Waals surface area contributed by atoms with E-state index >= 15 is 0 Å². The molecule has 0 saturated carbocycles. The zero-order chi connectivity index (χ0) is 12.3. The highest BCUT2D eigenvalue weighted by atomic mass is 127. The van der Waals surface area contributed by atoms with Crippen LogP contribution in [0.2, 0.25) is 0 Å². The monoisotopic (exact) mass is 345 g/mol. The van der Waals surface area contributed by atoms with Crippen molar-refractivity contribution in [2.45, 2.75) is 25.7 Å². The van der Waals surface area contributed by atoms with Crippen LogP contribution in [0.1, 0.15) is 24.8 Å². The fraction of sp³-hybridized carbons (Fsp3) is 0.462. The molecule has 1 heterocycles. The van der Waals surface area contributed by atoms with Crippen molar-refractivity contribution in [3.05, 3.63) is 27.3 Å². The number of aliphatic hydroxyl groups excluding tert-OH is 1. The van der Waals surface area contributed by atoms with Crippen molar-refractivity contribution in [2.24, 2.45) is 0 Å². The second-order valence-electron chi connectivity index (χ2n) is 4.25. The maximum atomic E-state index is 12.0. The van der Waals surface area contributed by atoms with Gasteiger partial charge in [0.05, 0.1) is 0 Å². The van der Waals surface area contributed by atoms with Crippen LogP contribution >= 0.6 is 22.6 Å². The average molecular weight is 345 g/mol. The van der Waals surface area contributed by atoms with E-state index in [9.17, 15) is 4.79 Å². The number of fused-ring (bicyclic) bond motifs is 1. The molecule has 17 heavy (non-hydrogen) atoms. The van der Waals surface area contributed by atoms with Crippen molar-refractivity contribution >= 4 is 34.2 Å². The van der Waals surface area contributed by atoms with Gasteiger partial charge in [-0.25, -0.2) is 0 Å². The van der Waals surface area contributed by atoms with Crippen molar-refractivity contribution in [2.75, 3.05) is 18.1 Å². The van der Waals surface area contributed by atoms with E-state index in [1.807, 2.05) is 17.0 Å². The first-order chi connectivity index (χ1) is 8.22. The lowest BCUT2D eigenvalue weighted by Gasteiger charge is -2.17. The predicted molar refractivity (Wildman–Crippen MR) is 76.2 cm³/mol. The van der Waals surface area contributed by atoms with E-state index in [0.717, 1.165) is 25.1 Å². The molecule has 0 spiro atoms. The Bertz CT molecular complexity index is 420. The fourth-order valence-corrected chi connectivity index (χ4v) is 2.71. The summed E-state index contributed by atoms with van der Waals surface area (Å²) >= 11 is 2.29. The van der Waals surface area contributed by atoms with E-state index in [1.165, 1.54) is 9.13 Å². The molecule has 1 N–H and O–H groups in total. The Morgan fingerprint density at radius 3 is 3.00 bits per heavy atom. The molecule has 0 radical (unpaired) electrons. The van der Waals surface area contributed by atoms with E-state index in [4.69, 9.17) is 5.11 Å². The van der Waals surface area contributed by atoms with Crippen LogP contribution in [0, 0.1) is 3.57 Å². The van der Waals surface area contributed by atoms with E-state index < -0.39 is 0 Å². The molecular formula is C13H16INO2. The molecule has 0 fully saturated rings. The summed E-state index contributed by atoms with van der Waals surface area (Å²) in [5.74, 6) is 0.179. The molecule has 0 aromatic heterocycles. The van der Waals surface area contributed by atoms with Crippen LogP contribution in [0.4, 0.5) is 5.69 Å². The van der Waals surface area contributed by atoms with E-state index in [2.05, 4.69) is 28.7 Å². The molecule has 4 heteroatoms. The smallest absolute Gasteiger partial charge is 0.226 e. The zero-order valence-corrected chi connectivity index (χ0v) is 11.8. The molecule has 1 aromatic carbocycles. The lowest BCUT2D eigenvalue weighted by Crippen LogP contribution is -2.28. The van der Waals surface area contributed by atoms with Crippen molar-refractivity contribution < 1.29 is 9.90 Å². The topological polar surface area (TPSA) is 40.5 Å². The van der Waals surface area contributed by atoms with Gasteiger partial charge in [0.15, 0.2) is 0 Å². The van der Waals surface area contributed by atoms with Crippen molar-refractivity contribution in [3.8, 4) is 0 Å². The molecule has 92 valence electrons. The minimum atomic E-state index is 0.169. The quantitative estimate of drug-likeness (QED) is 0.672. The van der Waals surface area contributed by atoms with Gasteiger partial charge in [-0.15, -0.1) is 0 Å². The minimum absolute atomic E-state index is 0.169. The number of anilines is 1. The molecule has 0 saturated heterocycles. The molecule has 1 aliphatic rings. The second-order valence-corrected chi connectivity index (χ2v) is 5.49. The molecule has 1 aromatic rings. The normalized spacial score (nSPS) is 13.9. The van der Waals surface area contributed by atoms with Gasteiger partial charge in [0, 0.05) is 28.8 Å². The number of carbonyl (C=O) groups is 1. The summed E-state index contributed by atoms with van der Waals surface area (Å²) in [6, 6.07) is 6.23. The van der Waals surface area contributed by atoms with Crippen molar-refractivity contribution in [1.29, 1.82) is 0 Å². The summed E-state index contributed by atoms with van der Waals surface area (Å²) in [7, 11) is 0. The summed E-state index contributed by atoms with van der Waals surface area (Å²) in [5.41, 5.74) is 2.34. The zero-order valence-electron chi connectivity index (χ0n) is 9.66. The molecular weight excluding hydrogens is 329 g/mol. The van der Waals surface area contributed by atoms with E-state index in [1.54, 1.807) is 0 Å². The van der Waals surface area contributed by atoms with Gasteiger partial charge in [-0.3, -0.25) is 4.79 Å². The molecule has 0 aliphatic carbocycles. The standard InChI is InChI=1S/C13H16INO2/c14-11-4-5-12-10(9-11)6-7-15(12)13(17)3-1-2-8-16/h4-5,9,16H,1-3,6-8H2. The molecule has 1 aliphatic heterocycles. The highest BCUT2D eigenvalue weighted by Gasteiger charge is 2.23. The highest BCUT2D eigenvalue weighted by molar-refractivity contribution is 14.1. The Labute approximate surface area is 115 Å². The van der Waals surface area contributed by atoms with Crippen molar-refractivity contribution in [3.63, 3.8) is 0 Å². The third kappa shape index (κ3) is 2.98. The van der Waals surface area contributed by atoms with Gasteiger partial charge in [0.25, 0.3) is 0 Å². The minimum Gasteiger partial charge on any atom is -0.396 e. The van der Waals surface area contributed by atoms with Gasteiger partial charge in [-0.1, -0.05) is 0 Å². The predicted octanol–water partition coefficient (Wildman–Crippen LogP) is 2.34. The number of aliphatic hydroxyl groups is 1. The Morgan fingerprint density at radius 1 is 1.41 bits per heavy atom. The maximum absolute atomic E-state index is 12.0. The van der Waals surface area contributed by atoms with Crippen LogP contribution in [0.3, 0.4) is 0 Å². The Balaban J connectivity index is 2.03. The van der Waals surface area contributed by atoms with Gasteiger partial charge in [-0.05, 0) is 65.6 Å². The molecule has 1 amide bonds. The van der Waals surface area contributed by atoms with Gasteiger partial charge in [-0.2, -0.15) is 0 Å². The molecule has 3 nitrogen and oxygen atoms in total. The summed E-state index contributed by atoms with van der Waals surface area (Å²) in [5, 5.41) is 8.71. The second kappa shape index (κ2) is 5.82. The van der Waals surface area contributed by atoms with Crippen LogP contribution in [0.15, 0.2) is 18.2 Å². The van der Waals surface area contributed by atoms with Crippen LogP contribution in [-0.2, 0) is 11.2 Å². The number of halogens is 1. The lowest BCUT2D eigenvalue weighted by molar-refractivity contribution is -0.118. The van der Waals surface area contributed by atoms with Crippen LogP contribution < -0.4 is 4.90 Å². The average Bonchev–Trinajstić information content (AvgIpc) is 2.72. The Morgan fingerprint density at radius 2 is 2.24 bits per heavy atom. The summed E-state index contributed by atoms with van der Waals surface area (Å²) in [6.07, 6.45) is 2.97. The molecule has 0 unspecified atom stereocenters. The van der Waals surface area contributed by atoms with Gasteiger partial charge in [0.2, 0.25) is 5.91 Å². The Kier molecular flexibility index (Phi) is 4.39. The highest BCUT2D eigenvalue weighted by Crippen LogP contribution is 2.29. The number of amides is 1. The molecule has 2 rings (SSSR count). The largest absolute Gasteiger partial charge is 0.396 e. The van der Waals surface area contributed by atoms with Gasteiger partial charge < -0.3 is 10.0 Å². The van der Waals surface area contributed by atoms with Gasteiger partial charge >= 0.3 is 0 Å². The lowest BCUT2D eigenvalue weighted by atomic mass is 10.2. The first kappa shape index (κ1) is 12.8. The summed E-state index contributed by atoms with van der Waals surface area (Å²) in [6.45, 7) is 0.968. The maximum Gasteiger partial charge on any atom is 0.226 e. The molecule has 0 atom stereocenters. The fourth-order valence-electron chi connectivity index (χ4n) is 2.15. The molecule has 0 bridgehead atoms. The summed E-state index contributed by atoms with van der Waals surface area (Å²) in [4.78, 5) is 13.9. The van der Waals surface area contributed by atoms with Crippen molar-refractivity contribution in [1.82, 2.24) is 0 Å². The number of unbranched alkanes of at least 4 members (excludes halogenated alkanes) is 1. The Hall–Kier alpha value is -0.620. The van der Waals surface area contributed by atoms with Crippen LogP contribution in [0.5, 0.6) is 0 Å². The number of rotatable bonds is 4. The number of benzene rings is 1. The van der Waals surface area contributed by atoms with E-state index in [0.29, 0.717) is 12.8 Å². The number of carbonyl (C=O) groups excluding carboxylic acids is 1. The van der Waals surface area contributed by atoms with Crippen LogP contribution in [0.25, 0.3) is 0 Å². The first-order valence-corrected chi connectivity index (χ1v) is 7.00. The number of hydrogen-bond donors (Lipinski definition) is 1. The first-order valence-electron chi connectivity index (χ1n) is 5.92. The van der Waals surface area contributed by atoms with Gasteiger partial charge in [0.1, 0.15) is 0 Å². The van der Waals surface area contributed by atoms with Crippen LogP contribution in [-0.4, -0.2) is 24.2 Å². The summed E-state index contributed by atoms with van der Waals surface area (Å²) < 4.78 is 1.22. The van der Waals surface area contributed by atoms with E-state index in [-0.39, 0.29) is 12.5 Å². The number of hydrogen-bond acceptors (Lipinski definition) is 2. The third-order valence-corrected chi connectivity index (χ3v) is 3.71. The number of nitrogens with zero attached hydrogens (tertiary/aromatic N) is 1.